The van der Waals surface area contributed by atoms with Gasteiger partial charge in [0.1, 0.15) is 0 Å². The second kappa shape index (κ2) is 4.21. The van der Waals surface area contributed by atoms with Crippen LogP contribution in [0.15, 0.2) is 6.07 Å². The lowest BCUT2D eigenvalue weighted by atomic mass is 9.76. The summed E-state index contributed by atoms with van der Waals surface area (Å²) in [5, 5.41) is 14.9. The zero-order valence-electron chi connectivity index (χ0n) is 10.5. The van der Waals surface area contributed by atoms with Gasteiger partial charge in [0.05, 0.1) is 11.3 Å². The lowest BCUT2D eigenvalue weighted by Crippen LogP contribution is -2.37. The van der Waals surface area contributed by atoms with Gasteiger partial charge >= 0.3 is 0 Å². The number of hydrogen-bond donors (Lipinski definition) is 1. The van der Waals surface area contributed by atoms with Gasteiger partial charge in [-0.15, -0.1) is 0 Å². The summed E-state index contributed by atoms with van der Waals surface area (Å²) < 4.78 is 1.90. The average Bonchev–Trinajstić information content (AvgIpc) is 2.43. The molecule has 3 nitrogen and oxygen atoms in total. The summed E-state index contributed by atoms with van der Waals surface area (Å²) >= 11 is 0. The van der Waals surface area contributed by atoms with E-state index in [1.54, 1.807) is 0 Å². The predicted octanol–water partition coefficient (Wildman–Crippen LogP) is 2.21. The molecule has 1 aliphatic carbocycles. The van der Waals surface area contributed by atoms with E-state index < -0.39 is 5.60 Å². The summed E-state index contributed by atoms with van der Waals surface area (Å²) in [6.45, 7) is 4.23. The van der Waals surface area contributed by atoms with Crippen molar-refractivity contribution in [3.05, 3.63) is 17.5 Å². The van der Waals surface area contributed by atoms with E-state index in [-0.39, 0.29) is 0 Å². The summed E-state index contributed by atoms with van der Waals surface area (Å²) in [5.41, 5.74) is 1.68. The van der Waals surface area contributed by atoms with Gasteiger partial charge in [-0.1, -0.05) is 19.8 Å². The van der Waals surface area contributed by atoms with Gasteiger partial charge in [-0.3, -0.25) is 4.68 Å². The van der Waals surface area contributed by atoms with Gasteiger partial charge in [-0.05, 0) is 31.7 Å². The fraction of sp³-hybridized carbons (Fsp3) is 0.769. The van der Waals surface area contributed by atoms with Gasteiger partial charge in [0.25, 0.3) is 0 Å². The van der Waals surface area contributed by atoms with E-state index in [4.69, 9.17) is 0 Å². The van der Waals surface area contributed by atoms with E-state index >= 15 is 0 Å². The average molecular weight is 222 g/mol. The van der Waals surface area contributed by atoms with E-state index in [2.05, 4.69) is 18.1 Å². The van der Waals surface area contributed by atoms with Crippen LogP contribution >= 0.6 is 0 Å². The topological polar surface area (TPSA) is 38.0 Å². The van der Waals surface area contributed by atoms with Crippen LogP contribution in [0, 0.1) is 12.8 Å². The van der Waals surface area contributed by atoms with Gasteiger partial charge in [-0.25, -0.2) is 0 Å². The van der Waals surface area contributed by atoms with E-state index in [1.165, 1.54) is 6.42 Å². The molecule has 2 unspecified atom stereocenters. The van der Waals surface area contributed by atoms with Crippen LogP contribution in [0.4, 0.5) is 0 Å². The molecule has 0 bridgehead atoms. The maximum absolute atomic E-state index is 10.6. The molecule has 1 fully saturated rings. The molecular weight excluding hydrogens is 200 g/mol. The molecule has 0 aliphatic heterocycles. The van der Waals surface area contributed by atoms with E-state index in [0.29, 0.717) is 5.92 Å². The highest BCUT2D eigenvalue weighted by Crippen LogP contribution is 2.34. The number of nitrogens with zero attached hydrogens (tertiary/aromatic N) is 2. The highest BCUT2D eigenvalue weighted by atomic mass is 16.3. The van der Waals surface area contributed by atoms with Gasteiger partial charge < -0.3 is 5.11 Å². The largest absolute Gasteiger partial charge is 0.389 e. The maximum atomic E-state index is 10.6. The van der Waals surface area contributed by atoms with E-state index in [9.17, 15) is 5.11 Å². The number of rotatable bonds is 2. The Morgan fingerprint density at radius 2 is 2.38 bits per heavy atom. The van der Waals surface area contributed by atoms with Crippen LogP contribution in [0.3, 0.4) is 0 Å². The second-order valence-corrected chi connectivity index (χ2v) is 5.50. The number of aromatic nitrogens is 2. The molecule has 0 saturated heterocycles. The third kappa shape index (κ3) is 2.46. The molecule has 0 spiro atoms. The SMILES string of the molecule is Cc1cc(CC2(O)CCCC(C)C2)n(C)n1. The molecule has 2 rings (SSSR count). The molecule has 0 aromatic carbocycles. The van der Waals surface area contributed by atoms with Crippen LogP contribution in [-0.4, -0.2) is 20.5 Å². The van der Waals surface area contributed by atoms with Crippen molar-refractivity contribution in [2.45, 2.75) is 51.6 Å². The van der Waals surface area contributed by atoms with Crippen molar-refractivity contribution >= 4 is 0 Å². The first kappa shape index (κ1) is 11.6. The normalized spacial score (nSPS) is 30.6. The smallest absolute Gasteiger partial charge is 0.0705 e. The minimum atomic E-state index is -0.502. The van der Waals surface area contributed by atoms with Crippen molar-refractivity contribution in [3.8, 4) is 0 Å². The summed E-state index contributed by atoms with van der Waals surface area (Å²) in [6.07, 6.45) is 5.01. The summed E-state index contributed by atoms with van der Waals surface area (Å²) in [4.78, 5) is 0. The predicted molar refractivity (Wildman–Crippen MR) is 64.2 cm³/mol. The van der Waals surface area contributed by atoms with Crippen LogP contribution in [-0.2, 0) is 13.5 Å². The Morgan fingerprint density at radius 1 is 1.62 bits per heavy atom. The summed E-state index contributed by atoms with van der Waals surface area (Å²) in [7, 11) is 1.96. The second-order valence-electron chi connectivity index (χ2n) is 5.50. The maximum Gasteiger partial charge on any atom is 0.0705 e. The summed E-state index contributed by atoms with van der Waals surface area (Å²) in [6, 6.07) is 2.08. The van der Waals surface area contributed by atoms with Gasteiger partial charge in [0.15, 0.2) is 0 Å². The monoisotopic (exact) mass is 222 g/mol. The molecule has 1 N–H and O–H groups in total. The molecule has 0 amide bonds. The van der Waals surface area contributed by atoms with Crippen LogP contribution in [0.1, 0.15) is 44.0 Å². The molecule has 90 valence electrons. The van der Waals surface area contributed by atoms with Crippen molar-refractivity contribution in [3.63, 3.8) is 0 Å². The Morgan fingerprint density at radius 3 is 2.94 bits per heavy atom. The Kier molecular flexibility index (Phi) is 3.06. The van der Waals surface area contributed by atoms with Crippen LogP contribution in [0.25, 0.3) is 0 Å². The molecule has 1 aromatic heterocycles. The van der Waals surface area contributed by atoms with Crippen LogP contribution in [0.2, 0.25) is 0 Å². The van der Waals surface area contributed by atoms with Crippen molar-refractivity contribution in [2.75, 3.05) is 0 Å². The van der Waals surface area contributed by atoms with Crippen molar-refractivity contribution in [2.24, 2.45) is 13.0 Å². The number of aliphatic hydroxyl groups is 1. The minimum absolute atomic E-state index is 0.502. The zero-order chi connectivity index (χ0) is 11.8. The van der Waals surface area contributed by atoms with Gasteiger partial charge in [-0.2, -0.15) is 5.10 Å². The van der Waals surface area contributed by atoms with Crippen LogP contribution in [0.5, 0.6) is 0 Å². The molecule has 1 saturated carbocycles. The van der Waals surface area contributed by atoms with Crippen molar-refractivity contribution < 1.29 is 5.11 Å². The molecule has 16 heavy (non-hydrogen) atoms. The Bertz CT molecular complexity index is 372. The van der Waals surface area contributed by atoms with Gasteiger partial charge in [0, 0.05) is 19.2 Å². The summed E-state index contributed by atoms with van der Waals surface area (Å²) in [5.74, 6) is 0.646. The quantitative estimate of drug-likeness (QED) is 0.833. The fourth-order valence-electron chi connectivity index (χ4n) is 2.96. The Labute approximate surface area is 97.5 Å². The highest BCUT2D eigenvalue weighted by molar-refractivity contribution is 5.12. The van der Waals surface area contributed by atoms with Crippen molar-refractivity contribution in [1.29, 1.82) is 0 Å². The molecule has 3 heteroatoms. The third-order valence-corrected chi connectivity index (χ3v) is 3.68. The van der Waals surface area contributed by atoms with E-state index in [0.717, 1.165) is 37.1 Å². The fourth-order valence-corrected chi connectivity index (χ4v) is 2.96. The first-order valence-corrected chi connectivity index (χ1v) is 6.20. The minimum Gasteiger partial charge on any atom is -0.389 e. The number of hydrogen-bond acceptors (Lipinski definition) is 2. The standard InChI is InChI=1S/C13H22N2O/c1-10-5-4-6-13(16,8-10)9-12-7-11(2)14-15(12)3/h7,10,16H,4-6,8-9H2,1-3H3. The molecule has 1 aliphatic rings. The first-order valence-electron chi connectivity index (χ1n) is 6.20. The van der Waals surface area contributed by atoms with Crippen molar-refractivity contribution in [1.82, 2.24) is 9.78 Å². The number of aryl methyl sites for hydroxylation is 2. The molecule has 1 heterocycles. The van der Waals surface area contributed by atoms with E-state index in [1.807, 2.05) is 18.7 Å². The molecular formula is C13H22N2O. The molecule has 0 radical (unpaired) electrons. The molecule has 2 atom stereocenters. The Balaban J connectivity index is 2.10. The van der Waals surface area contributed by atoms with Gasteiger partial charge in [0.2, 0.25) is 0 Å². The lowest BCUT2D eigenvalue weighted by molar-refractivity contribution is -0.0138. The molecule has 1 aromatic rings. The first-order chi connectivity index (χ1) is 7.48. The third-order valence-electron chi connectivity index (χ3n) is 3.68. The highest BCUT2D eigenvalue weighted by Gasteiger charge is 2.33. The Hall–Kier alpha value is -0.830. The lowest BCUT2D eigenvalue weighted by Gasteiger charge is -2.35. The zero-order valence-corrected chi connectivity index (χ0v) is 10.5. The van der Waals surface area contributed by atoms with Crippen LogP contribution < -0.4 is 0 Å².